The molecule has 4 heteroatoms. The molecule has 1 saturated heterocycles. The molecule has 0 bridgehead atoms. The predicted molar refractivity (Wildman–Crippen MR) is 46.5 cm³/mol. The van der Waals surface area contributed by atoms with Gasteiger partial charge in [0.05, 0.1) is 12.0 Å². The number of nitrogens with zero attached hydrogens (tertiary/aromatic N) is 2. The van der Waals surface area contributed by atoms with Gasteiger partial charge in [0.2, 0.25) is 5.91 Å². The average molecular weight is 182 g/mol. The van der Waals surface area contributed by atoms with Crippen molar-refractivity contribution in [3.63, 3.8) is 0 Å². The Morgan fingerprint density at radius 1 is 1.69 bits per heavy atom. The number of nitriles is 1. The largest absolute Gasteiger partial charge is 0.378 e. The second kappa shape index (κ2) is 4.24. The lowest BCUT2D eigenvalue weighted by molar-refractivity contribution is -0.139. The summed E-state index contributed by atoms with van der Waals surface area (Å²) in [6.07, 6.45) is 3.48. The van der Waals surface area contributed by atoms with Crippen molar-refractivity contribution in [1.82, 2.24) is 4.90 Å². The van der Waals surface area contributed by atoms with E-state index >= 15 is 0 Å². The van der Waals surface area contributed by atoms with Gasteiger partial charge < -0.3 is 4.74 Å². The van der Waals surface area contributed by atoms with E-state index in [2.05, 4.69) is 0 Å². The van der Waals surface area contributed by atoms with E-state index < -0.39 is 0 Å². The van der Waals surface area contributed by atoms with Gasteiger partial charge in [0, 0.05) is 13.7 Å². The van der Waals surface area contributed by atoms with Crippen LogP contribution >= 0.6 is 0 Å². The molecule has 1 amide bonds. The summed E-state index contributed by atoms with van der Waals surface area (Å²) >= 11 is 0. The lowest BCUT2D eigenvalue weighted by atomic mass is 9.94. The zero-order valence-electron chi connectivity index (χ0n) is 7.99. The van der Waals surface area contributed by atoms with E-state index in [-0.39, 0.29) is 17.9 Å². The van der Waals surface area contributed by atoms with Crippen molar-refractivity contribution >= 4 is 5.91 Å². The molecule has 1 rings (SSSR count). The molecule has 4 nitrogen and oxygen atoms in total. The summed E-state index contributed by atoms with van der Waals surface area (Å²) < 4.78 is 5.35. The maximum atomic E-state index is 11.6. The monoisotopic (exact) mass is 182 g/mol. The predicted octanol–water partition coefficient (Wildman–Crippen LogP) is 0.741. The van der Waals surface area contributed by atoms with E-state index in [1.165, 1.54) is 7.05 Å². The van der Waals surface area contributed by atoms with Gasteiger partial charge in [-0.25, -0.2) is 0 Å². The summed E-state index contributed by atoms with van der Waals surface area (Å²) in [6.45, 7) is 2.61. The fraction of sp³-hybridized carbons (Fsp3) is 0.778. The third kappa shape index (κ3) is 2.19. The van der Waals surface area contributed by atoms with E-state index in [0.717, 1.165) is 24.3 Å². The molecule has 1 aliphatic rings. The van der Waals surface area contributed by atoms with E-state index in [1.807, 2.05) is 13.1 Å². The Hall–Kier alpha value is -1.08. The van der Waals surface area contributed by atoms with Gasteiger partial charge in [-0.05, 0) is 19.8 Å². The minimum absolute atomic E-state index is 0.0583. The van der Waals surface area contributed by atoms with Crippen LogP contribution in [0, 0.1) is 17.4 Å². The maximum Gasteiger partial charge on any atom is 0.241 e. The van der Waals surface area contributed by atoms with Crippen LogP contribution in [0.2, 0.25) is 0 Å². The number of carbonyl (C=O) groups is 1. The smallest absolute Gasteiger partial charge is 0.241 e. The first-order valence-electron chi connectivity index (χ1n) is 4.45. The highest BCUT2D eigenvalue weighted by Gasteiger charge is 2.30. The summed E-state index contributed by atoms with van der Waals surface area (Å²) in [4.78, 5) is 12.6. The Bertz CT molecular complexity index is 234. The van der Waals surface area contributed by atoms with E-state index in [1.54, 1.807) is 0 Å². The Kier molecular flexibility index (Phi) is 3.26. The molecule has 72 valence electrons. The molecule has 0 aromatic carbocycles. The fourth-order valence-electron chi connectivity index (χ4n) is 1.55. The fourth-order valence-corrected chi connectivity index (χ4v) is 1.55. The summed E-state index contributed by atoms with van der Waals surface area (Å²) in [5, 5.41) is 8.54. The summed E-state index contributed by atoms with van der Waals surface area (Å²) in [5.74, 6) is -0.270. The Balaban J connectivity index is 2.59. The minimum atomic E-state index is -0.140. The van der Waals surface area contributed by atoms with Gasteiger partial charge in [-0.2, -0.15) is 5.26 Å². The van der Waals surface area contributed by atoms with Crippen LogP contribution in [0.15, 0.2) is 0 Å². The van der Waals surface area contributed by atoms with Crippen LogP contribution in [0.5, 0.6) is 0 Å². The Morgan fingerprint density at radius 3 is 2.92 bits per heavy atom. The molecule has 0 aromatic heterocycles. The second-order valence-electron chi connectivity index (χ2n) is 3.32. The molecule has 0 radical (unpaired) electrons. The highest BCUT2D eigenvalue weighted by Crippen LogP contribution is 2.21. The van der Waals surface area contributed by atoms with Crippen LogP contribution in [0.1, 0.15) is 19.8 Å². The summed E-state index contributed by atoms with van der Waals surface area (Å²) in [6, 6.07) is 0. The van der Waals surface area contributed by atoms with Gasteiger partial charge in [-0.1, -0.05) is 0 Å². The number of carbonyl (C=O) groups excluding carboxylic acids is 1. The molecule has 0 N–H and O–H groups in total. The normalized spacial score (nSPS) is 27.8. The first-order chi connectivity index (χ1) is 6.16. The summed E-state index contributed by atoms with van der Waals surface area (Å²) in [5.41, 5.74) is 0. The van der Waals surface area contributed by atoms with Crippen molar-refractivity contribution < 1.29 is 9.53 Å². The van der Waals surface area contributed by atoms with Crippen molar-refractivity contribution in [3.05, 3.63) is 0 Å². The van der Waals surface area contributed by atoms with Gasteiger partial charge in [-0.15, -0.1) is 0 Å². The van der Waals surface area contributed by atoms with Crippen molar-refractivity contribution in [2.45, 2.75) is 25.9 Å². The molecule has 0 aromatic rings. The van der Waals surface area contributed by atoms with E-state index in [0.29, 0.717) is 0 Å². The lowest BCUT2D eigenvalue weighted by Crippen LogP contribution is -2.39. The van der Waals surface area contributed by atoms with Crippen LogP contribution < -0.4 is 0 Å². The minimum Gasteiger partial charge on any atom is -0.378 e. The molecular weight excluding hydrogens is 168 g/mol. The molecule has 0 saturated carbocycles. The molecule has 0 spiro atoms. The van der Waals surface area contributed by atoms with Crippen molar-refractivity contribution in [2.24, 2.45) is 5.92 Å². The van der Waals surface area contributed by atoms with Gasteiger partial charge >= 0.3 is 0 Å². The van der Waals surface area contributed by atoms with Crippen LogP contribution in [-0.4, -0.2) is 30.6 Å². The number of rotatable bonds is 1. The first-order valence-corrected chi connectivity index (χ1v) is 4.45. The second-order valence-corrected chi connectivity index (χ2v) is 3.32. The molecule has 0 unspecified atom stereocenters. The molecule has 0 aliphatic carbocycles. The molecule has 1 fully saturated rings. The highest BCUT2D eigenvalue weighted by molar-refractivity contribution is 5.80. The third-order valence-corrected chi connectivity index (χ3v) is 2.40. The van der Waals surface area contributed by atoms with E-state index in [9.17, 15) is 4.79 Å². The zero-order valence-corrected chi connectivity index (χ0v) is 7.99. The van der Waals surface area contributed by atoms with Crippen molar-refractivity contribution in [1.29, 1.82) is 5.26 Å². The van der Waals surface area contributed by atoms with Gasteiger partial charge in [0.15, 0.2) is 6.19 Å². The number of hydrogen-bond donors (Lipinski definition) is 0. The zero-order chi connectivity index (χ0) is 9.84. The van der Waals surface area contributed by atoms with E-state index in [4.69, 9.17) is 10.00 Å². The molecule has 1 heterocycles. The van der Waals surface area contributed by atoms with Crippen LogP contribution in [0.3, 0.4) is 0 Å². The van der Waals surface area contributed by atoms with Crippen LogP contribution in [-0.2, 0) is 9.53 Å². The topological polar surface area (TPSA) is 53.3 Å². The number of hydrogen-bond acceptors (Lipinski definition) is 3. The Labute approximate surface area is 78.1 Å². The molecule has 13 heavy (non-hydrogen) atoms. The quantitative estimate of drug-likeness (QED) is 0.444. The number of ether oxygens (including phenoxy) is 1. The highest BCUT2D eigenvalue weighted by atomic mass is 16.5. The SMILES string of the molecule is C[C@@H]1OCCC[C@@H]1C(=O)N(C)C#N. The Morgan fingerprint density at radius 2 is 2.38 bits per heavy atom. The van der Waals surface area contributed by atoms with Gasteiger partial charge in [0.1, 0.15) is 0 Å². The average Bonchev–Trinajstić information content (AvgIpc) is 2.16. The van der Waals surface area contributed by atoms with Crippen molar-refractivity contribution in [2.75, 3.05) is 13.7 Å². The van der Waals surface area contributed by atoms with Crippen LogP contribution in [0.4, 0.5) is 0 Å². The standard InChI is InChI=1S/C9H14N2O2/c1-7-8(4-3-5-13-7)9(12)11(2)6-10/h7-8H,3-5H2,1-2H3/t7-,8-/m0/s1. The summed E-state index contributed by atoms with van der Waals surface area (Å²) in [7, 11) is 1.49. The third-order valence-electron chi connectivity index (χ3n) is 2.40. The molecule has 1 aliphatic heterocycles. The number of amides is 1. The molecule has 2 atom stereocenters. The van der Waals surface area contributed by atoms with Crippen LogP contribution in [0.25, 0.3) is 0 Å². The van der Waals surface area contributed by atoms with Gasteiger partial charge in [-0.3, -0.25) is 9.69 Å². The molecular formula is C9H14N2O2. The van der Waals surface area contributed by atoms with Gasteiger partial charge in [0.25, 0.3) is 0 Å². The first kappa shape index (κ1) is 10.0. The van der Waals surface area contributed by atoms with Crippen molar-refractivity contribution in [3.8, 4) is 6.19 Å². The lowest BCUT2D eigenvalue weighted by Gasteiger charge is -2.28. The maximum absolute atomic E-state index is 11.6.